The molecule has 0 radical (unpaired) electrons. The molecule has 1 unspecified atom stereocenters. The van der Waals surface area contributed by atoms with E-state index in [4.69, 9.17) is 30.5 Å². The maximum atomic E-state index is 6.31. The zero-order valence-corrected chi connectivity index (χ0v) is 18.9. The van der Waals surface area contributed by atoms with E-state index in [1.54, 1.807) is 0 Å². The monoisotopic (exact) mass is 442 g/mol. The van der Waals surface area contributed by atoms with E-state index in [0.29, 0.717) is 19.1 Å². The van der Waals surface area contributed by atoms with Gasteiger partial charge in [0.15, 0.2) is 6.29 Å². The molecule has 0 amide bonds. The van der Waals surface area contributed by atoms with Crippen molar-refractivity contribution in [2.75, 3.05) is 13.2 Å². The Bertz CT molecular complexity index is 650. The summed E-state index contributed by atoms with van der Waals surface area (Å²) in [4.78, 5) is 0. The lowest BCUT2D eigenvalue weighted by molar-refractivity contribution is -0.225. The molecule has 2 fully saturated rings. The van der Waals surface area contributed by atoms with E-state index in [1.807, 2.05) is 18.2 Å². The number of rotatable bonds is 8. The van der Waals surface area contributed by atoms with Crippen molar-refractivity contribution in [3.05, 3.63) is 47.5 Å². The molecule has 4 nitrogen and oxygen atoms in total. The first kappa shape index (κ1) is 22.6. The van der Waals surface area contributed by atoms with E-state index in [9.17, 15) is 0 Å². The van der Waals surface area contributed by atoms with Crippen LogP contribution in [0.1, 0.15) is 49.5 Å². The Hall–Kier alpha value is -0.0651. The van der Waals surface area contributed by atoms with Crippen molar-refractivity contribution < 1.29 is 18.9 Å². The SMILES string of the molecule is C=C1C[C@H](C[C@@H]2CCO[C@H](c3cccc(CCl)c3)O2)O[C@@H](CCOB(P)S)C1. The van der Waals surface area contributed by atoms with Crippen LogP contribution >= 0.6 is 33.2 Å². The van der Waals surface area contributed by atoms with E-state index in [-0.39, 0.29) is 30.5 Å². The number of halogens is 1. The van der Waals surface area contributed by atoms with Gasteiger partial charge >= 0.3 is 5.91 Å². The molecule has 1 aromatic carbocycles. The molecule has 0 spiro atoms. The molecule has 8 heteroatoms. The summed E-state index contributed by atoms with van der Waals surface area (Å²) < 4.78 is 23.9. The Kier molecular flexibility index (Phi) is 9.18. The first-order valence-corrected chi connectivity index (χ1v) is 11.5. The molecule has 2 saturated heterocycles. The molecule has 0 aromatic heterocycles. The average molecular weight is 443 g/mol. The van der Waals surface area contributed by atoms with Gasteiger partial charge < -0.3 is 18.9 Å². The Morgan fingerprint density at radius 1 is 1.25 bits per heavy atom. The van der Waals surface area contributed by atoms with E-state index in [0.717, 1.165) is 43.2 Å². The van der Waals surface area contributed by atoms with Crippen LogP contribution in [0.3, 0.4) is 0 Å². The fraction of sp³-hybridized carbons (Fsp3) is 0.600. The van der Waals surface area contributed by atoms with Crippen molar-refractivity contribution in [1.82, 2.24) is 0 Å². The lowest BCUT2D eigenvalue weighted by Crippen LogP contribution is -2.35. The van der Waals surface area contributed by atoms with Gasteiger partial charge in [0.25, 0.3) is 0 Å². The summed E-state index contributed by atoms with van der Waals surface area (Å²) in [6.45, 7) is 5.53. The first-order valence-electron chi connectivity index (χ1n) is 9.82. The van der Waals surface area contributed by atoms with Gasteiger partial charge in [-0.25, -0.2) is 0 Å². The highest BCUT2D eigenvalue weighted by atomic mass is 35.5. The second-order valence-corrected chi connectivity index (χ2v) is 9.40. The average Bonchev–Trinajstić information content (AvgIpc) is 2.67. The largest absolute Gasteiger partial charge is 0.422 e. The highest BCUT2D eigenvalue weighted by Crippen LogP contribution is 2.33. The summed E-state index contributed by atoms with van der Waals surface area (Å²) in [5, 5.41) is 0. The van der Waals surface area contributed by atoms with E-state index < -0.39 is 0 Å². The predicted molar refractivity (Wildman–Crippen MR) is 121 cm³/mol. The molecule has 0 bridgehead atoms. The predicted octanol–water partition coefficient (Wildman–Crippen LogP) is 4.92. The number of benzene rings is 1. The minimum absolute atomic E-state index is 0.111. The van der Waals surface area contributed by atoms with Gasteiger partial charge in [-0.05, 0) is 37.3 Å². The number of hydrogen-bond donors (Lipinski definition) is 1. The normalized spacial score (nSPS) is 28.3. The van der Waals surface area contributed by atoms with Crippen LogP contribution in [0.2, 0.25) is 0 Å². The Labute approximate surface area is 181 Å². The molecule has 0 saturated carbocycles. The quantitative estimate of drug-likeness (QED) is 0.204. The van der Waals surface area contributed by atoms with Crippen molar-refractivity contribution >= 4 is 39.1 Å². The van der Waals surface area contributed by atoms with Gasteiger partial charge in [0.1, 0.15) is 0 Å². The van der Waals surface area contributed by atoms with Crippen LogP contribution in [0.5, 0.6) is 0 Å². The van der Waals surface area contributed by atoms with E-state index in [1.165, 1.54) is 5.57 Å². The summed E-state index contributed by atoms with van der Waals surface area (Å²) in [6, 6.07) is 8.08. The third-order valence-electron chi connectivity index (χ3n) is 5.07. The van der Waals surface area contributed by atoms with E-state index in [2.05, 4.69) is 34.2 Å². The van der Waals surface area contributed by atoms with Gasteiger partial charge in [-0.15, -0.1) is 20.7 Å². The zero-order valence-electron chi connectivity index (χ0n) is 16.1. The van der Waals surface area contributed by atoms with Crippen molar-refractivity contribution in [1.29, 1.82) is 0 Å². The van der Waals surface area contributed by atoms with Gasteiger partial charge in [0, 0.05) is 24.5 Å². The Balaban J connectivity index is 1.52. The van der Waals surface area contributed by atoms with Crippen LogP contribution in [-0.2, 0) is 24.7 Å². The third-order valence-corrected chi connectivity index (χ3v) is 5.72. The summed E-state index contributed by atoms with van der Waals surface area (Å²) in [5.74, 6) is 0.352. The number of thiol groups is 1. The summed E-state index contributed by atoms with van der Waals surface area (Å²) in [5.41, 5.74) is 3.33. The second-order valence-electron chi connectivity index (χ2n) is 7.45. The van der Waals surface area contributed by atoms with Gasteiger partial charge in [-0.3, -0.25) is 0 Å². The molecule has 28 heavy (non-hydrogen) atoms. The fourth-order valence-electron chi connectivity index (χ4n) is 3.78. The molecule has 2 aliphatic rings. The Morgan fingerprint density at radius 2 is 2.07 bits per heavy atom. The van der Waals surface area contributed by atoms with Crippen LogP contribution in [0.4, 0.5) is 0 Å². The van der Waals surface area contributed by atoms with Crippen LogP contribution in [-0.4, -0.2) is 37.4 Å². The lowest BCUT2D eigenvalue weighted by Gasteiger charge is -2.36. The summed E-state index contributed by atoms with van der Waals surface area (Å²) in [6.07, 6.45) is 4.42. The zero-order chi connectivity index (χ0) is 19.9. The molecular formula is C20H29BClO4PS. The maximum Gasteiger partial charge on any atom is 0.380 e. The van der Waals surface area contributed by atoms with Crippen LogP contribution in [0, 0.1) is 0 Å². The molecule has 0 aliphatic carbocycles. The minimum atomic E-state index is -0.340. The molecular weight excluding hydrogens is 414 g/mol. The minimum Gasteiger partial charge on any atom is -0.422 e. The van der Waals surface area contributed by atoms with Gasteiger partial charge in [-0.2, -0.15) is 12.5 Å². The van der Waals surface area contributed by atoms with Crippen molar-refractivity contribution in [2.45, 2.75) is 62.6 Å². The van der Waals surface area contributed by atoms with Crippen LogP contribution in [0.25, 0.3) is 0 Å². The van der Waals surface area contributed by atoms with Gasteiger partial charge in [0.2, 0.25) is 0 Å². The van der Waals surface area contributed by atoms with Gasteiger partial charge in [0.05, 0.1) is 24.9 Å². The first-order chi connectivity index (χ1) is 13.5. The topological polar surface area (TPSA) is 36.9 Å². The number of hydrogen-bond acceptors (Lipinski definition) is 5. The smallest absolute Gasteiger partial charge is 0.380 e. The summed E-state index contributed by atoms with van der Waals surface area (Å²) in [7, 11) is 2.52. The molecule has 1 aromatic rings. The molecule has 3 rings (SSSR count). The highest BCUT2D eigenvalue weighted by molar-refractivity contribution is 8.23. The van der Waals surface area contributed by atoms with Crippen LogP contribution < -0.4 is 0 Å². The molecule has 0 N–H and O–H groups in total. The van der Waals surface area contributed by atoms with Crippen molar-refractivity contribution in [3.8, 4) is 0 Å². The molecule has 2 aliphatic heterocycles. The number of alkyl halides is 1. The molecule has 5 atom stereocenters. The Morgan fingerprint density at radius 3 is 2.86 bits per heavy atom. The maximum absolute atomic E-state index is 6.31. The fourth-order valence-corrected chi connectivity index (χ4v) is 4.19. The summed E-state index contributed by atoms with van der Waals surface area (Å²) >= 11 is 10.2. The van der Waals surface area contributed by atoms with Crippen LogP contribution in [0.15, 0.2) is 36.4 Å². The molecule has 2 heterocycles. The lowest BCUT2D eigenvalue weighted by atomic mass is 9.94. The van der Waals surface area contributed by atoms with Crippen molar-refractivity contribution in [2.24, 2.45) is 0 Å². The highest BCUT2D eigenvalue weighted by Gasteiger charge is 2.31. The third kappa shape index (κ3) is 7.02. The number of ether oxygens (including phenoxy) is 3. The molecule has 154 valence electrons. The van der Waals surface area contributed by atoms with Gasteiger partial charge in [-0.1, -0.05) is 30.4 Å². The van der Waals surface area contributed by atoms with E-state index >= 15 is 0 Å². The van der Waals surface area contributed by atoms with Crippen molar-refractivity contribution in [3.63, 3.8) is 0 Å². The standard InChI is InChI=1S/C20H29BClO4PS/c1-14-9-17(6-8-24-21(27)28)25-19(10-14)12-18-5-7-23-20(26-18)16-4-2-3-15(11-16)13-22/h2-4,11,17-20,28H,1,5-10,12-13,27H2/t17-,18-,19+,20-/m0/s1. The second kappa shape index (κ2) is 11.4.